The molecule has 0 bridgehead atoms. The molecule has 0 aliphatic carbocycles. The lowest BCUT2D eigenvalue weighted by Gasteiger charge is -2.05. The van der Waals surface area contributed by atoms with E-state index in [1.807, 2.05) is 16.9 Å². The molecular formula is C14H20N4. The van der Waals surface area contributed by atoms with E-state index in [1.165, 1.54) is 5.56 Å². The van der Waals surface area contributed by atoms with Gasteiger partial charge < -0.3 is 5.32 Å². The van der Waals surface area contributed by atoms with Crippen molar-refractivity contribution >= 4 is 0 Å². The molecule has 0 amide bonds. The van der Waals surface area contributed by atoms with E-state index < -0.39 is 0 Å². The van der Waals surface area contributed by atoms with Crippen molar-refractivity contribution < 1.29 is 0 Å². The first-order chi connectivity index (χ1) is 8.85. The number of benzene rings is 1. The Kier molecular flexibility index (Phi) is 4.47. The minimum Gasteiger partial charge on any atom is -0.311 e. The number of aromatic nitrogens is 3. The van der Waals surface area contributed by atoms with E-state index in [0.717, 1.165) is 37.3 Å². The van der Waals surface area contributed by atoms with Crippen LogP contribution in [0, 0.1) is 0 Å². The predicted molar refractivity (Wildman–Crippen MR) is 72.7 cm³/mol. The third-order valence-electron chi connectivity index (χ3n) is 2.89. The smallest absolute Gasteiger partial charge is 0.0969 e. The van der Waals surface area contributed by atoms with Crippen molar-refractivity contribution in [3.63, 3.8) is 0 Å². The molecule has 18 heavy (non-hydrogen) atoms. The van der Waals surface area contributed by atoms with Gasteiger partial charge in [0.05, 0.1) is 17.6 Å². The number of nitrogens with zero attached hydrogens (tertiary/aromatic N) is 3. The van der Waals surface area contributed by atoms with Crippen molar-refractivity contribution in [2.24, 2.45) is 0 Å². The number of hydrogen-bond acceptors (Lipinski definition) is 3. The van der Waals surface area contributed by atoms with Gasteiger partial charge in [-0.2, -0.15) is 0 Å². The van der Waals surface area contributed by atoms with Gasteiger partial charge in [-0.25, -0.2) is 4.68 Å². The van der Waals surface area contributed by atoms with Crippen molar-refractivity contribution in [1.29, 1.82) is 0 Å². The number of nitrogens with one attached hydrogen (secondary N) is 1. The van der Waals surface area contributed by atoms with Crippen LogP contribution in [0.5, 0.6) is 0 Å². The molecule has 4 nitrogen and oxygen atoms in total. The van der Waals surface area contributed by atoms with Crippen LogP contribution in [0.25, 0.3) is 5.69 Å². The molecule has 0 aliphatic rings. The highest BCUT2D eigenvalue weighted by molar-refractivity contribution is 5.40. The van der Waals surface area contributed by atoms with Crippen LogP contribution < -0.4 is 5.32 Å². The second-order valence-electron chi connectivity index (χ2n) is 4.31. The summed E-state index contributed by atoms with van der Waals surface area (Å²) in [5, 5.41) is 11.7. The lowest BCUT2D eigenvalue weighted by molar-refractivity contribution is 0.662. The Morgan fingerprint density at radius 1 is 1.22 bits per heavy atom. The molecule has 1 N–H and O–H groups in total. The van der Waals surface area contributed by atoms with Crippen LogP contribution in [-0.4, -0.2) is 21.5 Å². The lowest BCUT2D eigenvalue weighted by atomic mass is 10.1. The second-order valence-corrected chi connectivity index (χ2v) is 4.31. The van der Waals surface area contributed by atoms with E-state index in [9.17, 15) is 0 Å². The van der Waals surface area contributed by atoms with Gasteiger partial charge in [0.15, 0.2) is 0 Å². The Balaban J connectivity index is 2.13. The topological polar surface area (TPSA) is 42.7 Å². The average molecular weight is 244 g/mol. The summed E-state index contributed by atoms with van der Waals surface area (Å²) in [6.45, 7) is 6.10. The molecule has 0 aliphatic heterocycles. The summed E-state index contributed by atoms with van der Waals surface area (Å²) in [4.78, 5) is 0. The first kappa shape index (κ1) is 12.8. The average Bonchev–Trinajstić information content (AvgIpc) is 2.88. The minimum atomic E-state index is 0.780. The van der Waals surface area contributed by atoms with Gasteiger partial charge >= 0.3 is 0 Å². The SMILES string of the molecule is CCCNCc1cn(-c2ccccc2CC)nn1. The van der Waals surface area contributed by atoms with E-state index in [1.54, 1.807) is 0 Å². The number of para-hydroxylation sites is 1. The Hall–Kier alpha value is -1.68. The summed E-state index contributed by atoms with van der Waals surface area (Å²) in [5.74, 6) is 0. The van der Waals surface area contributed by atoms with Crippen molar-refractivity contribution in [2.75, 3.05) is 6.54 Å². The van der Waals surface area contributed by atoms with E-state index in [0.29, 0.717) is 0 Å². The Labute approximate surface area is 108 Å². The molecule has 96 valence electrons. The Morgan fingerprint density at radius 3 is 2.83 bits per heavy atom. The molecular weight excluding hydrogens is 224 g/mol. The predicted octanol–water partition coefficient (Wildman–Crippen LogP) is 2.33. The molecule has 2 rings (SSSR count). The van der Waals surface area contributed by atoms with Gasteiger partial charge in [-0.05, 0) is 31.0 Å². The maximum absolute atomic E-state index is 4.20. The van der Waals surface area contributed by atoms with Crippen LogP contribution in [0.3, 0.4) is 0 Å². The standard InChI is InChI=1S/C14H20N4/c1-3-9-15-10-13-11-18(17-16-13)14-8-6-5-7-12(14)4-2/h5-8,11,15H,3-4,9-10H2,1-2H3. The molecule has 4 heteroatoms. The number of aryl methyl sites for hydroxylation is 1. The first-order valence-corrected chi connectivity index (χ1v) is 6.55. The van der Waals surface area contributed by atoms with E-state index >= 15 is 0 Å². The molecule has 1 aromatic heterocycles. The van der Waals surface area contributed by atoms with E-state index in [2.05, 4.69) is 47.7 Å². The maximum Gasteiger partial charge on any atom is 0.0969 e. The Morgan fingerprint density at radius 2 is 2.06 bits per heavy atom. The molecule has 0 saturated carbocycles. The van der Waals surface area contributed by atoms with E-state index in [-0.39, 0.29) is 0 Å². The number of rotatable bonds is 6. The van der Waals surface area contributed by atoms with Crippen LogP contribution in [0.2, 0.25) is 0 Å². The van der Waals surface area contributed by atoms with Crippen molar-refractivity contribution in [2.45, 2.75) is 33.2 Å². The van der Waals surface area contributed by atoms with E-state index in [4.69, 9.17) is 0 Å². The van der Waals surface area contributed by atoms with Crippen LogP contribution in [0.1, 0.15) is 31.5 Å². The molecule has 2 aromatic rings. The lowest BCUT2D eigenvalue weighted by Crippen LogP contribution is -2.13. The normalized spacial score (nSPS) is 10.8. The van der Waals surface area contributed by atoms with Gasteiger partial charge in [0.1, 0.15) is 0 Å². The van der Waals surface area contributed by atoms with Gasteiger partial charge in [0, 0.05) is 6.54 Å². The summed E-state index contributed by atoms with van der Waals surface area (Å²) >= 11 is 0. The van der Waals surface area contributed by atoms with Gasteiger partial charge in [-0.15, -0.1) is 5.10 Å². The van der Waals surface area contributed by atoms with Crippen LogP contribution >= 0.6 is 0 Å². The van der Waals surface area contributed by atoms with Gasteiger partial charge in [0.25, 0.3) is 0 Å². The van der Waals surface area contributed by atoms with Gasteiger partial charge in [-0.1, -0.05) is 37.3 Å². The second kappa shape index (κ2) is 6.31. The van der Waals surface area contributed by atoms with Gasteiger partial charge in [0.2, 0.25) is 0 Å². The maximum atomic E-state index is 4.20. The van der Waals surface area contributed by atoms with Crippen LogP contribution in [0.4, 0.5) is 0 Å². The fourth-order valence-corrected chi connectivity index (χ4v) is 1.92. The minimum absolute atomic E-state index is 0.780. The highest BCUT2D eigenvalue weighted by Gasteiger charge is 2.05. The summed E-state index contributed by atoms with van der Waals surface area (Å²) in [6, 6.07) is 8.30. The molecule has 0 atom stereocenters. The number of hydrogen-bond donors (Lipinski definition) is 1. The highest BCUT2D eigenvalue weighted by Crippen LogP contribution is 2.13. The highest BCUT2D eigenvalue weighted by atomic mass is 15.4. The van der Waals surface area contributed by atoms with Crippen molar-refractivity contribution in [3.8, 4) is 5.69 Å². The fraction of sp³-hybridized carbons (Fsp3) is 0.429. The zero-order chi connectivity index (χ0) is 12.8. The summed E-state index contributed by atoms with van der Waals surface area (Å²) in [6.07, 6.45) is 4.13. The zero-order valence-electron chi connectivity index (χ0n) is 11.1. The largest absolute Gasteiger partial charge is 0.311 e. The van der Waals surface area contributed by atoms with Crippen LogP contribution in [-0.2, 0) is 13.0 Å². The first-order valence-electron chi connectivity index (χ1n) is 6.55. The molecule has 0 radical (unpaired) electrons. The zero-order valence-corrected chi connectivity index (χ0v) is 11.1. The fourth-order valence-electron chi connectivity index (χ4n) is 1.92. The third kappa shape index (κ3) is 2.96. The summed E-state index contributed by atoms with van der Waals surface area (Å²) < 4.78 is 1.86. The monoisotopic (exact) mass is 244 g/mol. The van der Waals surface area contributed by atoms with Crippen LogP contribution in [0.15, 0.2) is 30.5 Å². The Bertz CT molecular complexity index is 490. The van der Waals surface area contributed by atoms with Crippen molar-refractivity contribution in [1.82, 2.24) is 20.3 Å². The molecule has 1 aromatic carbocycles. The van der Waals surface area contributed by atoms with Gasteiger partial charge in [-0.3, -0.25) is 0 Å². The molecule has 1 heterocycles. The quantitative estimate of drug-likeness (QED) is 0.793. The molecule has 0 spiro atoms. The summed E-state index contributed by atoms with van der Waals surface area (Å²) in [7, 11) is 0. The third-order valence-corrected chi connectivity index (χ3v) is 2.89. The molecule has 0 fully saturated rings. The molecule has 0 unspecified atom stereocenters. The summed E-state index contributed by atoms with van der Waals surface area (Å²) in [5.41, 5.74) is 3.39. The molecule has 0 saturated heterocycles. The van der Waals surface area contributed by atoms with Crippen molar-refractivity contribution in [3.05, 3.63) is 41.7 Å².